The van der Waals surface area contributed by atoms with Gasteiger partial charge >= 0.3 is 0 Å². The molecule has 1 N–H and O–H groups in total. The number of nitrogens with one attached hydrogen (secondary N) is 1. The van der Waals surface area contributed by atoms with Crippen LogP contribution in [0.5, 0.6) is 0 Å². The zero-order chi connectivity index (χ0) is 23.3. The highest BCUT2D eigenvalue weighted by molar-refractivity contribution is 6.31. The highest BCUT2D eigenvalue weighted by Gasteiger charge is 2.11. The predicted molar refractivity (Wildman–Crippen MR) is 143 cm³/mol. The highest BCUT2D eigenvalue weighted by atomic mass is 35.5. The lowest BCUT2D eigenvalue weighted by atomic mass is 9.88. The third kappa shape index (κ3) is 8.05. The summed E-state index contributed by atoms with van der Waals surface area (Å²) in [6, 6.07) is 37.2. The van der Waals surface area contributed by atoms with Gasteiger partial charge in [-0.1, -0.05) is 134 Å². The molecule has 0 radical (unpaired) electrons. The fraction of sp³-hybridized carbons (Fsp3) is 0.200. The Balaban J connectivity index is 0.000000186. The third-order valence-corrected chi connectivity index (χ3v) is 6.27. The Kier molecular flexibility index (Phi) is 10.5. The SMILES string of the molecule is CCCC(c1ccccc1)c1ccccc1.Clc1ccccc1CNCc1ccccc1Cl. The summed E-state index contributed by atoms with van der Waals surface area (Å²) >= 11 is 12.1. The lowest BCUT2D eigenvalue weighted by Gasteiger charge is -2.17. The van der Waals surface area contributed by atoms with Crippen LogP contribution in [0.15, 0.2) is 109 Å². The summed E-state index contributed by atoms with van der Waals surface area (Å²) in [6.07, 6.45) is 2.43. The Bertz CT molecular complexity index is 995. The van der Waals surface area contributed by atoms with Gasteiger partial charge in [0.2, 0.25) is 0 Å². The molecule has 0 fully saturated rings. The molecule has 0 saturated heterocycles. The van der Waals surface area contributed by atoms with Crippen LogP contribution in [0.2, 0.25) is 10.0 Å². The summed E-state index contributed by atoms with van der Waals surface area (Å²) in [5.41, 5.74) is 5.05. The zero-order valence-corrected chi connectivity index (χ0v) is 20.6. The monoisotopic (exact) mass is 475 g/mol. The highest BCUT2D eigenvalue weighted by Crippen LogP contribution is 2.28. The van der Waals surface area contributed by atoms with Crippen LogP contribution in [-0.4, -0.2) is 0 Å². The minimum atomic E-state index is 0.549. The van der Waals surface area contributed by atoms with E-state index in [2.05, 4.69) is 72.9 Å². The maximum atomic E-state index is 6.07. The van der Waals surface area contributed by atoms with Crippen LogP contribution in [0.25, 0.3) is 0 Å². The van der Waals surface area contributed by atoms with Crippen LogP contribution in [0.3, 0.4) is 0 Å². The Labute approximate surface area is 208 Å². The minimum Gasteiger partial charge on any atom is -0.309 e. The summed E-state index contributed by atoms with van der Waals surface area (Å²) in [6.45, 7) is 3.73. The first kappa shape index (κ1) is 25.1. The number of rotatable bonds is 8. The van der Waals surface area contributed by atoms with Crippen molar-refractivity contribution in [1.82, 2.24) is 5.32 Å². The fourth-order valence-corrected chi connectivity index (χ4v) is 4.21. The second kappa shape index (κ2) is 13.9. The minimum absolute atomic E-state index is 0.549. The molecule has 0 atom stereocenters. The van der Waals surface area contributed by atoms with Gasteiger partial charge in [0.05, 0.1) is 0 Å². The molecule has 4 aromatic rings. The largest absolute Gasteiger partial charge is 0.309 e. The van der Waals surface area contributed by atoms with Crippen molar-refractivity contribution in [2.24, 2.45) is 0 Å². The fourth-order valence-electron chi connectivity index (χ4n) is 3.80. The predicted octanol–water partition coefficient (Wildman–Crippen LogP) is 8.90. The van der Waals surface area contributed by atoms with Crippen LogP contribution in [0, 0.1) is 0 Å². The van der Waals surface area contributed by atoms with E-state index in [0.29, 0.717) is 5.92 Å². The van der Waals surface area contributed by atoms with Crippen LogP contribution in [0.1, 0.15) is 47.9 Å². The molecule has 4 rings (SSSR count). The van der Waals surface area contributed by atoms with E-state index in [-0.39, 0.29) is 0 Å². The van der Waals surface area contributed by atoms with Crippen LogP contribution < -0.4 is 5.32 Å². The first-order chi connectivity index (χ1) is 16.2. The van der Waals surface area contributed by atoms with Crippen molar-refractivity contribution < 1.29 is 0 Å². The van der Waals surface area contributed by atoms with Crippen molar-refractivity contribution in [1.29, 1.82) is 0 Å². The van der Waals surface area contributed by atoms with Crippen LogP contribution in [-0.2, 0) is 13.1 Å². The molecule has 170 valence electrons. The number of hydrogen-bond donors (Lipinski definition) is 1. The van der Waals surface area contributed by atoms with Gasteiger partial charge in [-0.3, -0.25) is 0 Å². The van der Waals surface area contributed by atoms with Crippen LogP contribution >= 0.6 is 23.2 Å². The maximum Gasteiger partial charge on any atom is 0.0450 e. The topological polar surface area (TPSA) is 12.0 Å². The van der Waals surface area contributed by atoms with Gasteiger partial charge in [-0.2, -0.15) is 0 Å². The Morgan fingerprint density at radius 3 is 1.36 bits per heavy atom. The molecule has 0 aliphatic rings. The standard InChI is InChI=1S/C16H18.C14H13Cl2N/c1-2-9-16(14-10-5-3-6-11-14)15-12-7-4-8-13-15;15-13-7-3-1-5-11(13)9-17-10-12-6-2-4-8-14(12)16/h3-8,10-13,16H,2,9H2,1H3;1-8,17H,9-10H2. The molecule has 0 saturated carbocycles. The quantitative estimate of drug-likeness (QED) is 0.268. The molecular formula is C30H31Cl2N. The molecule has 1 nitrogen and oxygen atoms in total. The average molecular weight is 476 g/mol. The first-order valence-corrected chi connectivity index (χ1v) is 12.2. The van der Waals surface area contributed by atoms with E-state index in [0.717, 1.165) is 34.3 Å². The van der Waals surface area contributed by atoms with E-state index in [1.807, 2.05) is 48.5 Å². The third-order valence-electron chi connectivity index (χ3n) is 5.53. The molecule has 33 heavy (non-hydrogen) atoms. The van der Waals surface area contributed by atoms with E-state index >= 15 is 0 Å². The van der Waals surface area contributed by atoms with Crippen molar-refractivity contribution in [3.63, 3.8) is 0 Å². The van der Waals surface area contributed by atoms with E-state index < -0.39 is 0 Å². The number of benzene rings is 4. The zero-order valence-electron chi connectivity index (χ0n) is 19.1. The summed E-state index contributed by atoms with van der Waals surface area (Å²) in [5, 5.41) is 4.91. The molecule has 0 unspecified atom stereocenters. The maximum absolute atomic E-state index is 6.07. The van der Waals surface area contributed by atoms with E-state index in [9.17, 15) is 0 Å². The molecule has 0 spiro atoms. The molecule has 0 aliphatic heterocycles. The summed E-state index contributed by atoms with van der Waals surface area (Å²) in [4.78, 5) is 0. The second-order valence-electron chi connectivity index (χ2n) is 7.95. The van der Waals surface area contributed by atoms with Gasteiger partial charge in [-0.15, -0.1) is 0 Å². The molecule has 3 heteroatoms. The van der Waals surface area contributed by atoms with Crippen molar-refractivity contribution in [3.05, 3.63) is 141 Å². The lowest BCUT2D eigenvalue weighted by Crippen LogP contribution is -2.13. The van der Waals surface area contributed by atoms with Crippen molar-refractivity contribution in [2.75, 3.05) is 0 Å². The summed E-state index contributed by atoms with van der Waals surface area (Å²) < 4.78 is 0. The molecule has 0 aromatic heterocycles. The van der Waals surface area contributed by atoms with E-state index in [1.165, 1.54) is 24.0 Å². The molecule has 4 aromatic carbocycles. The Hall–Kier alpha value is -2.58. The molecule has 0 bridgehead atoms. The normalized spacial score (nSPS) is 10.5. The molecular weight excluding hydrogens is 445 g/mol. The van der Waals surface area contributed by atoms with Gasteiger partial charge in [0, 0.05) is 29.1 Å². The number of halogens is 2. The number of hydrogen-bond acceptors (Lipinski definition) is 1. The van der Waals surface area contributed by atoms with Crippen molar-refractivity contribution >= 4 is 23.2 Å². The molecule has 0 heterocycles. The van der Waals surface area contributed by atoms with Gasteiger partial charge in [-0.05, 0) is 40.8 Å². The molecule has 0 amide bonds. The first-order valence-electron chi connectivity index (χ1n) is 11.5. The van der Waals surface area contributed by atoms with Gasteiger partial charge in [0.1, 0.15) is 0 Å². The van der Waals surface area contributed by atoms with E-state index in [4.69, 9.17) is 23.2 Å². The second-order valence-corrected chi connectivity index (χ2v) is 8.76. The van der Waals surface area contributed by atoms with Crippen LogP contribution in [0.4, 0.5) is 0 Å². The molecule has 0 aliphatic carbocycles. The summed E-state index contributed by atoms with van der Waals surface area (Å²) in [5.74, 6) is 0.549. The lowest BCUT2D eigenvalue weighted by molar-refractivity contribution is 0.693. The van der Waals surface area contributed by atoms with Gasteiger partial charge < -0.3 is 5.32 Å². The average Bonchev–Trinajstić information content (AvgIpc) is 2.86. The Morgan fingerprint density at radius 2 is 0.970 bits per heavy atom. The van der Waals surface area contributed by atoms with E-state index in [1.54, 1.807) is 0 Å². The van der Waals surface area contributed by atoms with Gasteiger partial charge in [0.25, 0.3) is 0 Å². The van der Waals surface area contributed by atoms with Gasteiger partial charge in [0.15, 0.2) is 0 Å². The smallest absolute Gasteiger partial charge is 0.0450 e. The summed E-state index contributed by atoms with van der Waals surface area (Å²) in [7, 11) is 0. The van der Waals surface area contributed by atoms with Crippen molar-refractivity contribution in [2.45, 2.75) is 38.8 Å². The van der Waals surface area contributed by atoms with Gasteiger partial charge in [-0.25, -0.2) is 0 Å². The Morgan fingerprint density at radius 1 is 0.576 bits per heavy atom. The van der Waals surface area contributed by atoms with Crippen molar-refractivity contribution in [3.8, 4) is 0 Å².